The Morgan fingerprint density at radius 3 is 2.29 bits per heavy atom. The molecule has 0 aliphatic heterocycles. The van der Waals surface area contributed by atoms with Gasteiger partial charge in [-0.3, -0.25) is 14.4 Å². The van der Waals surface area contributed by atoms with Crippen molar-refractivity contribution < 1.29 is 23.9 Å². The topological polar surface area (TPSA) is 154 Å². The van der Waals surface area contributed by atoms with Gasteiger partial charge in [-0.15, -0.1) is 0 Å². The molecule has 0 heterocycles. The SMILES string of the molecule is NC(=O)CC[C@H](NC(=O)OCc1ccccc1)C(=O)NCC(N)=O. The lowest BCUT2D eigenvalue weighted by Crippen LogP contribution is -2.49. The van der Waals surface area contributed by atoms with Gasteiger partial charge >= 0.3 is 6.09 Å². The number of benzene rings is 1. The summed E-state index contributed by atoms with van der Waals surface area (Å²) in [4.78, 5) is 45.3. The molecule has 0 aromatic heterocycles. The van der Waals surface area contributed by atoms with Crippen LogP contribution in [0.5, 0.6) is 0 Å². The van der Waals surface area contributed by atoms with E-state index in [1.165, 1.54) is 0 Å². The first-order chi connectivity index (χ1) is 11.4. The molecular weight excluding hydrogens is 316 g/mol. The summed E-state index contributed by atoms with van der Waals surface area (Å²) in [6.45, 7) is -0.356. The Morgan fingerprint density at radius 1 is 1.04 bits per heavy atom. The van der Waals surface area contributed by atoms with Crippen molar-refractivity contribution in [3.05, 3.63) is 35.9 Å². The Hall–Kier alpha value is -3.10. The third-order valence-electron chi connectivity index (χ3n) is 2.94. The van der Waals surface area contributed by atoms with Crippen LogP contribution in [0, 0.1) is 0 Å². The third-order valence-corrected chi connectivity index (χ3v) is 2.94. The second-order valence-electron chi connectivity index (χ2n) is 4.95. The molecule has 0 saturated heterocycles. The fraction of sp³-hybridized carbons (Fsp3) is 0.333. The van der Waals surface area contributed by atoms with Gasteiger partial charge in [0.1, 0.15) is 12.6 Å². The Bertz CT molecular complexity index is 591. The van der Waals surface area contributed by atoms with E-state index in [4.69, 9.17) is 16.2 Å². The second kappa shape index (κ2) is 9.82. The Balaban J connectivity index is 2.55. The van der Waals surface area contributed by atoms with Crippen molar-refractivity contribution in [1.82, 2.24) is 10.6 Å². The summed E-state index contributed by atoms with van der Waals surface area (Å²) in [5, 5.41) is 4.58. The highest BCUT2D eigenvalue weighted by molar-refractivity contribution is 5.89. The largest absolute Gasteiger partial charge is 0.445 e. The first kappa shape index (κ1) is 18.9. The number of amides is 4. The number of nitrogens with one attached hydrogen (secondary N) is 2. The van der Waals surface area contributed by atoms with Gasteiger partial charge in [-0.1, -0.05) is 30.3 Å². The standard InChI is InChI=1S/C15H20N4O5/c16-12(20)7-6-11(14(22)18-8-13(17)21)19-15(23)24-9-10-4-2-1-3-5-10/h1-5,11H,6-9H2,(H2,16,20)(H2,17,21)(H,18,22)(H,19,23)/t11-/m0/s1. The van der Waals surface area contributed by atoms with Crippen molar-refractivity contribution in [2.75, 3.05) is 6.54 Å². The molecule has 1 aromatic carbocycles. The minimum atomic E-state index is -1.07. The summed E-state index contributed by atoms with van der Waals surface area (Å²) in [5.74, 6) is -2.02. The van der Waals surface area contributed by atoms with Gasteiger partial charge in [0.25, 0.3) is 0 Å². The van der Waals surface area contributed by atoms with E-state index >= 15 is 0 Å². The molecule has 1 atom stereocenters. The smallest absolute Gasteiger partial charge is 0.408 e. The maximum absolute atomic E-state index is 11.9. The van der Waals surface area contributed by atoms with Gasteiger partial charge in [0.05, 0.1) is 6.54 Å². The highest BCUT2D eigenvalue weighted by Gasteiger charge is 2.22. The summed E-state index contributed by atoms with van der Waals surface area (Å²) >= 11 is 0. The van der Waals surface area contributed by atoms with Crippen LogP contribution in [0.3, 0.4) is 0 Å². The molecule has 0 saturated carbocycles. The minimum absolute atomic E-state index is 0.0259. The van der Waals surface area contributed by atoms with E-state index in [0.717, 1.165) is 5.56 Å². The summed E-state index contributed by atoms with van der Waals surface area (Å²) in [6.07, 6.45) is -0.976. The predicted molar refractivity (Wildman–Crippen MR) is 84.2 cm³/mol. The second-order valence-corrected chi connectivity index (χ2v) is 4.95. The number of alkyl carbamates (subject to hydrolysis) is 1. The lowest BCUT2D eigenvalue weighted by molar-refractivity contribution is -0.126. The number of carbonyl (C=O) groups is 4. The molecule has 0 aliphatic carbocycles. The van der Waals surface area contributed by atoms with Crippen LogP contribution in [-0.2, 0) is 25.7 Å². The summed E-state index contributed by atoms with van der Waals surface area (Å²) in [5.41, 5.74) is 10.8. The lowest BCUT2D eigenvalue weighted by atomic mass is 10.1. The molecule has 130 valence electrons. The minimum Gasteiger partial charge on any atom is -0.445 e. The highest BCUT2D eigenvalue weighted by atomic mass is 16.5. The zero-order chi connectivity index (χ0) is 17.9. The number of hydrogen-bond acceptors (Lipinski definition) is 5. The zero-order valence-corrected chi connectivity index (χ0v) is 13.0. The van der Waals surface area contributed by atoms with Gasteiger partial charge in [0.2, 0.25) is 17.7 Å². The van der Waals surface area contributed by atoms with E-state index in [1.807, 2.05) is 6.07 Å². The van der Waals surface area contributed by atoms with E-state index in [9.17, 15) is 19.2 Å². The molecule has 1 rings (SSSR count). The molecule has 0 unspecified atom stereocenters. The molecule has 6 N–H and O–H groups in total. The van der Waals surface area contributed by atoms with Crippen molar-refractivity contribution in [2.24, 2.45) is 11.5 Å². The molecule has 0 bridgehead atoms. The molecule has 0 radical (unpaired) electrons. The van der Waals surface area contributed by atoms with Gasteiger partial charge < -0.3 is 26.8 Å². The molecule has 9 heteroatoms. The van der Waals surface area contributed by atoms with Crippen molar-refractivity contribution in [3.63, 3.8) is 0 Å². The van der Waals surface area contributed by atoms with Gasteiger partial charge in [-0.25, -0.2) is 4.79 Å². The first-order valence-corrected chi connectivity index (χ1v) is 7.20. The van der Waals surface area contributed by atoms with Crippen LogP contribution >= 0.6 is 0 Å². The van der Waals surface area contributed by atoms with Crippen molar-refractivity contribution in [2.45, 2.75) is 25.5 Å². The summed E-state index contributed by atoms with van der Waals surface area (Å²) in [6, 6.07) is 7.90. The van der Waals surface area contributed by atoms with Crippen LogP contribution in [0.15, 0.2) is 30.3 Å². The van der Waals surface area contributed by atoms with E-state index in [0.29, 0.717) is 0 Å². The fourth-order valence-corrected chi connectivity index (χ4v) is 1.76. The van der Waals surface area contributed by atoms with Crippen LogP contribution in [0.1, 0.15) is 18.4 Å². The number of carbonyl (C=O) groups excluding carboxylic acids is 4. The molecule has 4 amide bonds. The average molecular weight is 336 g/mol. The zero-order valence-electron chi connectivity index (χ0n) is 13.0. The Morgan fingerprint density at radius 2 is 1.71 bits per heavy atom. The number of hydrogen-bond donors (Lipinski definition) is 4. The number of ether oxygens (including phenoxy) is 1. The predicted octanol–water partition coefficient (Wildman–Crippen LogP) is -0.852. The van der Waals surface area contributed by atoms with E-state index < -0.39 is 29.9 Å². The molecule has 1 aromatic rings. The van der Waals surface area contributed by atoms with Crippen LogP contribution in [0.2, 0.25) is 0 Å². The summed E-state index contributed by atoms with van der Waals surface area (Å²) < 4.78 is 5.00. The van der Waals surface area contributed by atoms with Crippen LogP contribution in [-0.4, -0.2) is 36.4 Å². The highest BCUT2D eigenvalue weighted by Crippen LogP contribution is 2.02. The van der Waals surface area contributed by atoms with Crippen LogP contribution in [0.25, 0.3) is 0 Å². The molecule has 0 spiro atoms. The summed E-state index contributed by atoms with van der Waals surface area (Å²) in [7, 11) is 0. The van der Waals surface area contributed by atoms with Crippen molar-refractivity contribution in [3.8, 4) is 0 Å². The van der Waals surface area contributed by atoms with Gasteiger partial charge in [-0.05, 0) is 12.0 Å². The van der Waals surface area contributed by atoms with E-state index in [2.05, 4.69) is 10.6 Å². The van der Waals surface area contributed by atoms with Crippen molar-refractivity contribution in [1.29, 1.82) is 0 Å². The van der Waals surface area contributed by atoms with Gasteiger partial charge in [0, 0.05) is 6.42 Å². The monoisotopic (exact) mass is 336 g/mol. The van der Waals surface area contributed by atoms with Gasteiger partial charge in [0.15, 0.2) is 0 Å². The molecule has 24 heavy (non-hydrogen) atoms. The van der Waals surface area contributed by atoms with E-state index in [1.54, 1.807) is 24.3 Å². The Kier molecular flexibility index (Phi) is 7.76. The molecule has 0 fully saturated rings. The molecule has 9 nitrogen and oxygen atoms in total. The maximum Gasteiger partial charge on any atom is 0.408 e. The maximum atomic E-state index is 11.9. The fourth-order valence-electron chi connectivity index (χ4n) is 1.76. The van der Waals surface area contributed by atoms with Gasteiger partial charge in [-0.2, -0.15) is 0 Å². The lowest BCUT2D eigenvalue weighted by Gasteiger charge is -2.17. The van der Waals surface area contributed by atoms with Crippen LogP contribution < -0.4 is 22.1 Å². The molecular formula is C15H20N4O5. The first-order valence-electron chi connectivity index (χ1n) is 7.20. The third kappa shape index (κ3) is 7.78. The number of rotatable bonds is 9. The number of nitrogens with two attached hydrogens (primary N) is 2. The van der Waals surface area contributed by atoms with Crippen molar-refractivity contribution >= 4 is 23.8 Å². The normalized spacial score (nSPS) is 11.2. The Labute approximate surface area is 138 Å². The quantitative estimate of drug-likeness (QED) is 0.462. The van der Waals surface area contributed by atoms with Crippen LogP contribution in [0.4, 0.5) is 4.79 Å². The van der Waals surface area contributed by atoms with E-state index in [-0.39, 0.29) is 26.0 Å². The molecule has 0 aliphatic rings. The average Bonchev–Trinajstić information content (AvgIpc) is 2.55. The number of primary amides is 2.